The molecule has 0 spiro atoms. The second-order valence-electron chi connectivity index (χ2n) is 5.56. The quantitative estimate of drug-likeness (QED) is 0.267. The summed E-state index contributed by atoms with van der Waals surface area (Å²) in [5.74, 6) is 0.869. The van der Waals surface area contributed by atoms with Gasteiger partial charge in [0.15, 0.2) is 0 Å². The second kappa shape index (κ2) is 16.8. The van der Waals surface area contributed by atoms with Crippen molar-refractivity contribution in [1.29, 1.82) is 0 Å². The van der Waals surface area contributed by atoms with E-state index < -0.39 is 0 Å². The Morgan fingerprint density at radius 1 is 1.12 bits per heavy atom. The first-order valence-electron chi connectivity index (χ1n) is 8.01. The minimum absolute atomic E-state index is 0. The smallest absolute Gasteiger partial charge is 0.126 e. The number of hydrogen-bond donors (Lipinski definition) is 0. The fraction of sp³-hybridized carbons (Fsp3) is 0.333. The van der Waals surface area contributed by atoms with E-state index in [2.05, 4.69) is 58.2 Å². The Hall–Kier alpha value is -1.09. The maximum atomic E-state index is 5.46. The molecular weight excluding hydrogens is 344 g/mol. The summed E-state index contributed by atoms with van der Waals surface area (Å²) in [6, 6.07) is 9.76. The maximum Gasteiger partial charge on any atom is 0.126 e. The Morgan fingerprint density at radius 3 is 2.08 bits per heavy atom. The molecule has 0 N–H and O–H groups in total. The third-order valence-electron chi connectivity index (χ3n) is 2.51. The number of allylic oxidation sites excluding steroid dienone is 7. The van der Waals surface area contributed by atoms with Crippen LogP contribution in [0.2, 0.25) is 13.1 Å². The summed E-state index contributed by atoms with van der Waals surface area (Å²) in [6.45, 7) is 12.6. The molecule has 0 bridgehead atoms. The molecule has 0 fully saturated rings. The molecule has 0 aliphatic heterocycles. The number of ether oxygens (including phenoxy) is 1. The predicted molar refractivity (Wildman–Crippen MR) is 105 cm³/mol. The SMILES string of the molecule is CC(C)=CC(C)=COc1ccccc1.CC1=[C-]CC=C1.C[SiH]C.[Ti]. The first-order chi connectivity index (χ1) is 11.0. The molecule has 0 atom stereocenters. The van der Waals surface area contributed by atoms with Gasteiger partial charge in [-0.05, 0) is 38.5 Å². The van der Waals surface area contributed by atoms with E-state index in [-0.39, 0.29) is 21.7 Å². The monoisotopic (exact) mass is 374 g/mol. The van der Waals surface area contributed by atoms with E-state index in [1.54, 1.807) is 6.26 Å². The molecule has 0 heterocycles. The molecule has 129 valence electrons. The molecule has 24 heavy (non-hydrogen) atoms. The average Bonchev–Trinajstić information content (AvgIpc) is 2.98. The van der Waals surface area contributed by atoms with E-state index in [0.29, 0.717) is 0 Å². The fourth-order valence-corrected chi connectivity index (χ4v) is 1.66. The Morgan fingerprint density at radius 2 is 1.71 bits per heavy atom. The van der Waals surface area contributed by atoms with Gasteiger partial charge in [-0.3, -0.25) is 6.08 Å². The van der Waals surface area contributed by atoms with E-state index >= 15 is 0 Å². The molecule has 0 aromatic heterocycles. The van der Waals surface area contributed by atoms with Crippen molar-refractivity contribution in [2.45, 2.75) is 47.2 Å². The number of para-hydroxylation sites is 1. The van der Waals surface area contributed by atoms with Crippen LogP contribution in [0.5, 0.6) is 5.75 Å². The largest absolute Gasteiger partial charge is 0.465 e. The predicted octanol–water partition coefficient (Wildman–Crippen LogP) is 6.15. The number of benzene rings is 1. The molecule has 1 nitrogen and oxygen atoms in total. The van der Waals surface area contributed by atoms with Gasteiger partial charge in [0, 0.05) is 31.2 Å². The molecule has 1 aromatic carbocycles. The molecule has 0 amide bonds. The summed E-state index contributed by atoms with van der Waals surface area (Å²) in [5.41, 5.74) is 3.67. The minimum atomic E-state index is 0. The van der Waals surface area contributed by atoms with E-state index in [1.165, 1.54) is 11.1 Å². The topological polar surface area (TPSA) is 9.23 Å². The fourth-order valence-electron chi connectivity index (χ4n) is 1.66. The molecule has 2 rings (SSSR count). The molecule has 1 aliphatic rings. The van der Waals surface area contributed by atoms with Gasteiger partial charge in [-0.1, -0.05) is 49.9 Å². The van der Waals surface area contributed by atoms with Gasteiger partial charge in [0.2, 0.25) is 0 Å². The number of hydrogen-bond acceptors (Lipinski definition) is 1. The van der Waals surface area contributed by atoms with Crippen molar-refractivity contribution in [2.75, 3.05) is 0 Å². The van der Waals surface area contributed by atoms with Gasteiger partial charge in [0.25, 0.3) is 0 Å². The third-order valence-corrected chi connectivity index (χ3v) is 2.51. The van der Waals surface area contributed by atoms with Gasteiger partial charge >= 0.3 is 0 Å². The standard InChI is InChI=1S/C13H16O.C6H7.C2H7Si.Ti/c1-11(2)9-12(3)10-14-13-7-5-4-6-8-13;1-6-4-2-3-5-6;1-3-2;/h4-10H,1-3H3;2,4H,3H2,1H3;3H,1-2H3;/q;-1;;. The molecule has 1 radical (unpaired) electrons. The summed E-state index contributed by atoms with van der Waals surface area (Å²) >= 11 is 0. The van der Waals surface area contributed by atoms with Crippen LogP contribution in [0.1, 0.15) is 34.1 Å². The van der Waals surface area contributed by atoms with Crippen LogP contribution in [0.4, 0.5) is 0 Å². The zero-order valence-electron chi connectivity index (χ0n) is 15.9. The molecular formula is C21H30OSiTi-. The van der Waals surface area contributed by atoms with Gasteiger partial charge in [0.05, 0.1) is 6.26 Å². The van der Waals surface area contributed by atoms with Gasteiger partial charge in [-0.2, -0.15) is 6.08 Å². The van der Waals surface area contributed by atoms with Crippen molar-refractivity contribution < 1.29 is 26.5 Å². The molecule has 3 heteroatoms. The van der Waals surface area contributed by atoms with Crippen LogP contribution >= 0.6 is 0 Å². The van der Waals surface area contributed by atoms with Gasteiger partial charge < -0.3 is 4.74 Å². The van der Waals surface area contributed by atoms with E-state index in [0.717, 1.165) is 27.3 Å². The van der Waals surface area contributed by atoms with Crippen molar-refractivity contribution in [2.24, 2.45) is 0 Å². The van der Waals surface area contributed by atoms with Crippen LogP contribution < -0.4 is 4.74 Å². The van der Waals surface area contributed by atoms with Crippen molar-refractivity contribution in [3.05, 3.63) is 77.6 Å². The first-order valence-corrected chi connectivity index (χ1v) is 10.3. The Labute approximate surface area is 166 Å². The normalized spacial score (nSPS) is 11.8. The van der Waals surface area contributed by atoms with Crippen molar-refractivity contribution >= 4 is 9.52 Å². The summed E-state index contributed by atoms with van der Waals surface area (Å²) in [4.78, 5) is 0. The average molecular weight is 374 g/mol. The Kier molecular flexibility index (Phi) is 17.6. The van der Waals surface area contributed by atoms with Crippen molar-refractivity contribution in [3.63, 3.8) is 0 Å². The van der Waals surface area contributed by atoms with Crippen molar-refractivity contribution in [1.82, 2.24) is 0 Å². The van der Waals surface area contributed by atoms with Crippen LogP contribution in [-0.2, 0) is 21.7 Å². The van der Waals surface area contributed by atoms with Crippen molar-refractivity contribution in [3.8, 4) is 5.75 Å². The van der Waals surface area contributed by atoms with Gasteiger partial charge in [-0.25, -0.2) is 11.6 Å². The zero-order valence-corrected chi connectivity index (χ0v) is 18.6. The van der Waals surface area contributed by atoms with Gasteiger partial charge in [0.1, 0.15) is 5.75 Å². The molecule has 0 saturated heterocycles. The van der Waals surface area contributed by atoms with Crippen LogP contribution in [-0.4, -0.2) is 9.52 Å². The number of rotatable bonds is 3. The van der Waals surface area contributed by atoms with E-state index in [1.807, 2.05) is 37.3 Å². The van der Waals surface area contributed by atoms with Crippen LogP contribution in [0, 0.1) is 6.08 Å². The van der Waals surface area contributed by atoms with E-state index in [4.69, 9.17) is 4.74 Å². The summed E-state index contributed by atoms with van der Waals surface area (Å²) in [6.07, 6.45) is 12.2. The van der Waals surface area contributed by atoms with E-state index in [9.17, 15) is 0 Å². The van der Waals surface area contributed by atoms with Crippen LogP contribution in [0.15, 0.2) is 71.5 Å². The Balaban J connectivity index is 0. The van der Waals surface area contributed by atoms with Crippen LogP contribution in [0.25, 0.3) is 0 Å². The second-order valence-corrected chi connectivity index (χ2v) is 6.71. The first kappa shape index (κ1) is 25.2. The zero-order chi connectivity index (χ0) is 17.5. The van der Waals surface area contributed by atoms with Crippen LogP contribution in [0.3, 0.4) is 0 Å². The summed E-state index contributed by atoms with van der Waals surface area (Å²) in [5, 5.41) is 0. The summed E-state index contributed by atoms with van der Waals surface area (Å²) in [7, 11) is 0.750. The molecule has 1 aromatic rings. The molecule has 1 aliphatic carbocycles. The summed E-state index contributed by atoms with van der Waals surface area (Å²) < 4.78 is 5.46. The third kappa shape index (κ3) is 15.8. The maximum absolute atomic E-state index is 5.46. The van der Waals surface area contributed by atoms with Gasteiger partial charge in [-0.15, -0.1) is 6.42 Å². The molecule has 0 saturated carbocycles. The Bertz CT molecular complexity index is 535. The molecule has 0 unspecified atom stereocenters. The minimum Gasteiger partial charge on any atom is -0.465 e.